The van der Waals surface area contributed by atoms with Gasteiger partial charge < -0.3 is 14.9 Å². The van der Waals surface area contributed by atoms with Crippen molar-refractivity contribution in [2.24, 2.45) is 0 Å². The summed E-state index contributed by atoms with van der Waals surface area (Å²) < 4.78 is 6.69. The number of H-pyrrole nitrogens is 1. The number of aromatic nitrogens is 2. The highest BCUT2D eigenvalue weighted by molar-refractivity contribution is 5.15. The fourth-order valence-corrected chi connectivity index (χ4v) is 2.43. The minimum Gasteiger partial charge on any atom is -0.394 e. The fraction of sp³-hybridized carbons (Fsp3) is 0.625. The Kier molecular flexibility index (Phi) is 6.16. The summed E-state index contributed by atoms with van der Waals surface area (Å²) in [5, 5.41) is 18.9. The highest BCUT2D eigenvalue weighted by Crippen LogP contribution is 2.27. The van der Waals surface area contributed by atoms with Crippen LogP contribution in [0.2, 0.25) is 0 Å². The third-order valence-electron chi connectivity index (χ3n) is 3.80. The number of unbranched alkanes of at least 4 members (excludes halogenated alkanes) is 2. The lowest BCUT2D eigenvalue weighted by Gasteiger charge is -2.14. The van der Waals surface area contributed by atoms with Crippen LogP contribution in [0.3, 0.4) is 0 Å². The molecule has 0 amide bonds. The summed E-state index contributed by atoms with van der Waals surface area (Å²) >= 11 is 0. The van der Waals surface area contributed by atoms with Gasteiger partial charge in [0.2, 0.25) is 0 Å². The zero-order valence-electron chi connectivity index (χ0n) is 13.1. The second-order valence-electron chi connectivity index (χ2n) is 5.57. The maximum atomic E-state index is 11.9. The van der Waals surface area contributed by atoms with Crippen molar-refractivity contribution in [3.63, 3.8) is 0 Å². The molecule has 7 heteroatoms. The average Bonchev–Trinajstić information content (AvgIpc) is 2.89. The monoisotopic (exact) mass is 322 g/mol. The number of aliphatic hydroxyl groups excluding tert-OH is 2. The van der Waals surface area contributed by atoms with Gasteiger partial charge in [0.25, 0.3) is 5.56 Å². The van der Waals surface area contributed by atoms with Crippen molar-refractivity contribution in [3.05, 3.63) is 32.6 Å². The van der Waals surface area contributed by atoms with Crippen molar-refractivity contribution >= 4 is 0 Å². The van der Waals surface area contributed by atoms with Gasteiger partial charge in [0.1, 0.15) is 12.3 Å². The van der Waals surface area contributed by atoms with Gasteiger partial charge in [-0.1, -0.05) is 19.3 Å². The van der Waals surface area contributed by atoms with Gasteiger partial charge in [-0.2, -0.15) is 0 Å². The molecule has 0 bridgehead atoms. The Morgan fingerprint density at radius 3 is 2.87 bits per heavy atom. The molecule has 0 radical (unpaired) electrons. The molecule has 3 atom stereocenters. The van der Waals surface area contributed by atoms with Crippen LogP contribution in [0.5, 0.6) is 0 Å². The number of rotatable bonds is 5. The van der Waals surface area contributed by atoms with E-state index < -0.39 is 29.7 Å². The SMILES string of the molecule is CCCCC#CCc1cn([C@H]2C[C@H](O)[C@@H](CO)O2)c(=O)[nH]c1=O. The second kappa shape index (κ2) is 8.11. The number of hydrogen-bond donors (Lipinski definition) is 3. The quantitative estimate of drug-likeness (QED) is 0.519. The number of ether oxygens (including phenoxy) is 1. The zero-order chi connectivity index (χ0) is 16.8. The molecule has 1 aliphatic heterocycles. The first-order valence-electron chi connectivity index (χ1n) is 7.81. The Bertz CT molecular complexity index is 697. The van der Waals surface area contributed by atoms with Gasteiger partial charge in [0, 0.05) is 31.0 Å². The van der Waals surface area contributed by atoms with E-state index >= 15 is 0 Å². The van der Waals surface area contributed by atoms with Gasteiger partial charge >= 0.3 is 5.69 Å². The molecule has 0 aliphatic carbocycles. The van der Waals surface area contributed by atoms with E-state index in [2.05, 4.69) is 23.7 Å². The number of aromatic amines is 1. The molecule has 0 unspecified atom stereocenters. The molecule has 0 spiro atoms. The predicted molar refractivity (Wildman–Crippen MR) is 83.9 cm³/mol. The predicted octanol–water partition coefficient (Wildman–Crippen LogP) is -0.0866. The molecule has 0 saturated carbocycles. The lowest BCUT2D eigenvalue weighted by atomic mass is 10.2. The molecule has 1 aromatic rings. The Balaban J connectivity index is 2.18. The molecule has 1 aromatic heterocycles. The molecule has 1 aliphatic rings. The summed E-state index contributed by atoms with van der Waals surface area (Å²) in [7, 11) is 0. The largest absolute Gasteiger partial charge is 0.394 e. The van der Waals surface area contributed by atoms with Gasteiger partial charge in [0.15, 0.2) is 0 Å². The minimum atomic E-state index is -0.846. The molecule has 3 N–H and O–H groups in total. The van der Waals surface area contributed by atoms with Crippen LogP contribution in [-0.2, 0) is 11.2 Å². The molecule has 1 fully saturated rings. The van der Waals surface area contributed by atoms with Crippen molar-refractivity contribution in [3.8, 4) is 11.8 Å². The lowest BCUT2D eigenvalue weighted by molar-refractivity contribution is -0.0459. The summed E-state index contributed by atoms with van der Waals surface area (Å²) in [5.74, 6) is 5.92. The zero-order valence-corrected chi connectivity index (χ0v) is 13.1. The van der Waals surface area contributed by atoms with Crippen molar-refractivity contribution < 1.29 is 14.9 Å². The molecule has 0 aromatic carbocycles. The summed E-state index contributed by atoms with van der Waals surface area (Å²) in [6, 6.07) is 0. The van der Waals surface area contributed by atoms with Crippen LogP contribution in [0.15, 0.2) is 15.8 Å². The molecule has 2 heterocycles. The number of aliphatic hydroxyl groups is 2. The van der Waals surface area contributed by atoms with Crippen LogP contribution >= 0.6 is 0 Å². The van der Waals surface area contributed by atoms with Gasteiger partial charge in [0.05, 0.1) is 12.7 Å². The molecule has 7 nitrogen and oxygen atoms in total. The van der Waals surface area contributed by atoms with Gasteiger partial charge in [-0.15, -0.1) is 5.92 Å². The molecular weight excluding hydrogens is 300 g/mol. The van der Waals surface area contributed by atoms with Crippen molar-refractivity contribution in [2.45, 2.75) is 57.5 Å². The molecule has 2 rings (SSSR count). The van der Waals surface area contributed by atoms with E-state index in [0.29, 0.717) is 5.56 Å². The third kappa shape index (κ3) is 4.32. The Morgan fingerprint density at radius 1 is 1.43 bits per heavy atom. The van der Waals surface area contributed by atoms with Crippen molar-refractivity contribution in [1.82, 2.24) is 9.55 Å². The van der Waals surface area contributed by atoms with Crippen molar-refractivity contribution in [2.75, 3.05) is 6.61 Å². The summed E-state index contributed by atoms with van der Waals surface area (Å²) in [5.41, 5.74) is -0.694. The van der Waals surface area contributed by atoms with E-state index in [9.17, 15) is 14.7 Å². The Hall–Kier alpha value is -1.88. The molecule has 23 heavy (non-hydrogen) atoms. The van der Waals surface area contributed by atoms with E-state index in [4.69, 9.17) is 9.84 Å². The summed E-state index contributed by atoms with van der Waals surface area (Å²) in [6.07, 6.45) is 2.43. The molecular formula is C16H22N2O5. The Labute approximate surface area is 133 Å². The van der Waals surface area contributed by atoms with Gasteiger partial charge in [-0.25, -0.2) is 4.79 Å². The fourth-order valence-electron chi connectivity index (χ4n) is 2.43. The van der Waals surface area contributed by atoms with Crippen LogP contribution in [0, 0.1) is 11.8 Å². The minimum absolute atomic E-state index is 0.179. The standard InChI is InChI=1S/C16H22N2O5/c1-2-3-4-5-6-7-11-9-18(16(22)17-15(11)21)14-8-12(20)13(10-19)23-14/h9,12-14,19-20H,2-4,7-8,10H2,1H3,(H,17,21,22)/t12-,13+,14+/m0/s1. The maximum Gasteiger partial charge on any atom is 0.330 e. The average molecular weight is 322 g/mol. The van der Waals surface area contributed by atoms with Crippen LogP contribution in [0.1, 0.15) is 44.4 Å². The Morgan fingerprint density at radius 2 is 2.22 bits per heavy atom. The summed E-state index contributed by atoms with van der Waals surface area (Å²) in [6.45, 7) is 1.75. The van der Waals surface area contributed by atoms with Crippen molar-refractivity contribution in [1.29, 1.82) is 0 Å². The highest BCUT2D eigenvalue weighted by atomic mass is 16.5. The van der Waals surface area contributed by atoms with Gasteiger partial charge in [-0.05, 0) is 6.42 Å². The third-order valence-corrected chi connectivity index (χ3v) is 3.80. The number of nitrogens with one attached hydrogen (secondary N) is 1. The smallest absolute Gasteiger partial charge is 0.330 e. The molecule has 1 saturated heterocycles. The van der Waals surface area contributed by atoms with E-state index in [1.54, 1.807) is 0 Å². The topological polar surface area (TPSA) is 105 Å². The lowest BCUT2D eigenvalue weighted by Crippen LogP contribution is -2.34. The summed E-state index contributed by atoms with van der Waals surface area (Å²) in [4.78, 5) is 26.0. The van der Waals surface area contributed by atoms with Crippen LogP contribution in [-0.4, -0.2) is 38.6 Å². The van der Waals surface area contributed by atoms with E-state index in [1.165, 1.54) is 10.8 Å². The highest BCUT2D eigenvalue weighted by Gasteiger charge is 2.35. The maximum absolute atomic E-state index is 11.9. The molecule has 126 valence electrons. The first-order valence-corrected chi connectivity index (χ1v) is 7.81. The van der Waals surface area contributed by atoms with Gasteiger partial charge in [-0.3, -0.25) is 14.3 Å². The first kappa shape index (κ1) is 17.5. The van der Waals surface area contributed by atoms with Crippen LogP contribution < -0.4 is 11.2 Å². The second-order valence-corrected chi connectivity index (χ2v) is 5.57. The first-order chi connectivity index (χ1) is 11.1. The van der Waals surface area contributed by atoms with E-state index in [-0.39, 0.29) is 19.4 Å². The number of hydrogen-bond acceptors (Lipinski definition) is 5. The van der Waals surface area contributed by atoms with E-state index in [0.717, 1.165) is 19.3 Å². The normalized spacial score (nSPS) is 23.5. The number of nitrogens with zero attached hydrogens (tertiary/aromatic N) is 1. The van der Waals surface area contributed by atoms with Crippen LogP contribution in [0.4, 0.5) is 0 Å². The van der Waals surface area contributed by atoms with E-state index in [1.807, 2.05) is 0 Å². The van der Waals surface area contributed by atoms with Crippen LogP contribution in [0.25, 0.3) is 0 Å².